The molecule has 8 heteroatoms. The fraction of sp³-hybridized carbons (Fsp3) is 0.619. The number of rotatable bonds is 7. The van der Waals surface area contributed by atoms with Crippen LogP contribution in [0.25, 0.3) is 0 Å². The molecule has 0 bridgehead atoms. The maximum atomic E-state index is 13.0. The van der Waals surface area contributed by atoms with Crippen molar-refractivity contribution in [2.45, 2.75) is 64.3 Å². The predicted molar refractivity (Wildman–Crippen MR) is 105 cm³/mol. The van der Waals surface area contributed by atoms with Crippen molar-refractivity contribution >= 4 is 11.8 Å². The van der Waals surface area contributed by atoms with Gasteiger partial charge in [-0.3, -0.25) is 14.5 Å². The minimum atomic E-state index is -4.41. The third kappa shape index (κ3) is 7.03. The fourth-order valence-corrected chi connectivity index (χ4v) is 3.19. The van der Waals surface area contributed by atoms with Gasteiger partial charge in [-0.05, 0) is 58.2 Å². The Morgan fingerprint density at radius 2 is 1.79 bits per heavy atom. The van der Waals surface area contributed by atoms with Crippen molar-refractivity contribution in [2.75, 3.05) is 20.1 Å². The standard InChI is InChI=1S/C21H30F3N3O2/c1-14(15-7-6-8-16(11-15)21(22,23)24)27(17-9-10-17)13-19(29)26(5)12-18(28)25-20(2,3)4/h6-8,11,14,17H,9-10,12-13H2,1-5H3,(H,25,28). The molecule has 1 aliphatic carbocycles. The largest absolute Gasteiger partial charge is 0.416 e. The van der Waals surface area contributed by atoms with Gasteiger partial charge >= 0.3 is 6.18 Å². The summed E-state index contributed by atoms with van der Waals surface area (Å²) in [5.41, 5.74) is -0.563. The number of benzene rings is 1. The van der Waals surface area contributed by atoms with E-state index in [9.17, 15) is 22.8 Å². The van der Waals surface area contributed by atoms with Gasteiger partial charge in [-0.2, -0.15) is 13.2 Å². The van der Waals surface area contributed by atoms with Crippen LogP contribution in [0.3, 0.4) is 0 Å². The molecule has 1 fully saturated rings. The van der Waals surface area contributed by atoms with E-state index in [1.54, 1.807) is 13.1 Å². The summed E-state index contributed by atoms with van der Waals surface area (Å²) in [6, 6.07) is 5.06. The maximum absolute atomic E-state index is 13.0. The number of nitrogens with one attached hydrogen (secondary N) is 1. The van der Waals surface area contributed by atoms with Gasteiger partial charge in [-0.15, -0.1) is 0 Å². The Bertz CT molecular complexity index is 739. The second kappa shape index (κ2) is 8.73. The summed E-state index contributed by atoms with van der Waals surface area (Å²) < 4.78 is 39.1. The lowest BCUT2D eigenvalue weighted by atomic mass is 10.0. The van der Waals surface area contributed by atoms with Crippen molar-refractivity contribution < 1.29 is 22.8 Å². The molecule has 2 rings (SSSR count). The molecular weight excluding hydrogens is 383 g/mol. The van der Waals surface area contributed by atoms with E-state index in [4.69, 9.17) is 0 Å². The molecule has 29 heavy (non-hydrogen) atoms. The van der Waals surface area contributed by atoms with Gasteiger partial charge in [0.2, 0.25) is 11.8 Å². The number of hydrogen-bond acceptors (Lipinski definition) is 3. The first-order chi connectivity index (χ1) is 13.3. The van der Waals surface area contributed by atoms with Crippen LogP contribution in [0.15, 0.2) is 24.3 Å². The Kier molecular flexibility index (Phi) is 6.98. The number of halogens is 3. The average molecular weight is 413 g/mol. The number of nitrogens with zero attached hydrogens (tertiary/aromatic N) is 2. The lowest BCUT2D eigenvalue weighted by Crippen LogP contribution is -2.48. The second-order valence-corrected chi connectivity index (χ2v) is 8.75. The van der Waals surface area contributed by atoms with Gasteiger partial charge in [-0.1, -0.05) is 12.1 Å². The van der Waals surface area contributed by atoms with Gasteiger partial charge in [0.05, 0.1) is 18.7 Å². The summed E-state index contributed by atoms with van der Waals surface area (Å²) in [4.78, 5) is 28.0. The van der Waals surface area contributed by atoms with Crippen LogP contribution in [0.5, 0.6) is 0 Å². The Labute approximate surface area is 170 Å². The van der Waals surface area contributed by atoms with Crippen molar-refractivity contribution in [3.8, 4) is 0 Å². The van der Waals surface area contributed by atoms with E-state index in [-0.39, 0.29) is 42.5 Å². The Balaban J connectivity index is 2.06. The molecule has 0 radical (unpaired) electrons. The predicted octanol–water partition coefficient (Wildman–Crippen LogP) is 3.60. The van der Waals surface area contributed by atoms with Crippen LogP contribution in [-0.2, 0) is 15.8 Å². The van der Waals surface area contributed by atoms with Crippen molar-refractivity contribution in [1.29, 1.82) is 0 Å². The summed E-state index contributed by atoms with van der Waals surface area (Å²) in [5, 5.41) is 2.81. The molecule has 1 aromatic carbocycles. The SMILES string of the molecule is CC(c1cccc(C(F)(F)F)c1)N(CC(=O)N(C)CC(=O)NC(C)(C)C)C1CC1. The van der Waals surface area contributed by atoms with Gasteiger partial charge in [0.15, 0.2) is 0 Å². The topological polar surface area (TPSA) is 52.7 Å². The highest BCUT2D eigenvalue weighted by Crippen LogP contribution is 2.36. The quantitative estimate of drug-likeness (QED) is 0.743. The first-order valence-electron chi connectivity index (χ1n) is 9.76. The van der Waals surface area contributed by atoms with E-state index >= 15 is 0 Å². The molecule has 2 amide bonds. The Morgan fingerprint density at radius 3 is 2.31 bits per heavy atom. The van der Waals surface area contributed by atoms with Crippen molar-refractivity contribution in [2.24, 2.45) is 0 Å². The van der Waals surface area contributed by atoms with E-state index in [0.717, 1.165) is 25.0 Å². The molecule has 1 atom stereocenters. The lowest BCUT2D eigenvalue weighted by molar-refractivity contribution is -0.138. The zero-order chi connectivity index (χ0) is 22.0. The first-order valence-corrected chi connectivity index (χ1v) is 9.76. The molecule has 0 aromatic heterocycles. The van der Waals surface area contributed by atoms with E-state index in [2.05, 4.69) is 5.32 Å². The molecular formula is C21H30F3N3O2. The smallest absolute Gasteiger partial charge is 0.350 e. The minimum Gasteiger partial charge on any atom is -0.350 e. The number of alkyl halides is 3. The van der Waals surface area contributed by atoms with Crippen LogP contribution in [0, 0.1) is 0 Å². The Hall–Kier alpha value is -2.09. The molecule has 1 aliphatic rings. The van der Waals surface area contributed by atoms with Gasteiger partial charge in [0.1, 0.15) is 0 Å². The first kappa shape index (κ1) is 23.2. The normalized spacial score (nSPS) is 15.9. The summed E-state index contributed by atoms with van der Waals surface area (Å²) in [6.07, 6.45) is -2.59. The fourth-order valence-electron chi connectivity index (χ4n) is 3.19. The van der Waals surface area contributed by atoms with Crippen LogP contribution in [0.2, 0.25) is 0 Å². The number of likely N-dealkylation sites (N-methyl/N-ethyl adjacent to an activating group) is 1. The van der Waals surface area contributed by atoms with Crippen LogP contribution >= 0.6 is 0 Å². The molecule has 0 aliphatic heterocycles. The highest BCUT2D eigenvalue weighted by Gasteiger charge is 2.36. The molecule has 1 saturated carbocycles. The van der Waals surface area contributed by atoms with E-state index < -0.39 is 11.7 Å². The van der Waals surface area contributed by atoms with Crippen LogP contribution in [0.1, 0.15) is 57.7 Å². The van der Waals surface area contributed by atoms with Crippen LogP contribution in [0.4, 0.5) is 13.2 Å². The highest BCUT2D eigenvalue weighted by molar-refractivity contribution is 5.85. The molecule has 162 valence electrons. The third-order valence-corrected chi connectivity index (χ3v) is 4.85. The van der Waals surface area contributed by atoms with Crippen molar-refractivity contribution in [3.63, 3.8) is 0 Å². The summed E-state index contributed by atoms with van der Waals surface area (Å²) >= 11 is 0. The molecule has 0 spiro atoms. The lowest BCUT2D eigenvalue weighted by Gasteiger charge is -2.31. The number of carbonyl (C=O) groups excluding carboxylic acids is 2. The van der Waals surface area contributed by atoms with Gasteiger partial charge < -0.3 is 10.2 Å². The molecule has 1 aromatic rings. The monoisotopic (exact) mass is 413 g/mol. The Morgan fingerprint density at radius 1 is 1.17 bits per heavy atom. The minimum absolute atomic E-state index is 0.0569. The van der Waals surface area contributed by atoms with E-state index in [0.29, 0.717) is 5.56 Å². The van der Waals surface area contributed by atoms with Crippen LogP contribution in [-0.4, -0.2) is 53.3 Å². The summed E-state index contributed by atoms with van der Waals surface area (Å²) in [7, 11) is 1.56. The molecule has 5 nitrogen and oxygen atoms in total. The van der Waals surface area contributed by atoms with Gasteiger partial charge in [0.25, 0.3) is 0 Å². The third-order valence-electron chi connectivity index (χ3n) is 4.85. The molecule has 1 N–H and O–H groups in total. The number of amides is 2. The van der Waals surface area contributed by atoms with Gasteiger partial charge in [-0.25, -0.2) is 0 Å². The van der Waals surface area contributed by atoms with Crippen LogP contribution < -0.4 is 5.32 Å². The summed E-state index contributed by atoms with van der Waals surface area (Å²) in [5.74, 6) is -0.489. The highest BCUT2D eigenvalue weighted by atomic mass is 19.4. The molecule has 1 unspecified atom stereocenters. The number of carbonyl (C=O) groups is 2. The van der Waals surface area contributed by atoms with Crippen molar-refractivity contribution in [3.05, 3.63) is 35.4 Å². The van der Waals surface area contributed by atoms with E-state index in [1.165, 1.54) is 11.0 Å². The molecule has 0 heterocycles. The molecule has 0 saturated heterocycles. The second-order valence-electron chi connectivity index (χ2n) is 8.75. The average Bonchev–Trinajstić information content (AvgIpc) is 3.41. The zero-order valence-electron chi connectivity index (χ0n) is 17.6. The zero-order valence-corrected chi connectivity index (χ0v) is 17.6. The number of hydrogen-bond donors (Lipinski definition) is 1. The maximum Gasteiger partial charge on any atom is 0.416 e. The van der Waals surface area contributed by atoms with E-state index in [1.807, 2.05) is 32.6 Å². The van der Waals surface area contributed by atoms with Gasteiger partial charge in [0, 0.05) is 24.7 Å². The summed E-state index contributed by atoms with van der Waals surface area (Å²) in [6.45, 7) is 7.39. The van der Waals surface area contributed by atoms with Crippen molar-refractivity contribution in [1.82, 2.24) is 15.1 Å².